The predicted octanol–water partition coefficient (Wildman–Crippen LogP) is 3.11. The van der Waals surface area contributed by atoms with E-state index in [2.05, 4.69) is 0 Å². The van der Waals surface area contributed by atoms with Gasteiger partial charge >= 0.3 is 0 Å². The van der Waals surface area contributed by atoms with Crippen LogP contribution in [0.1, 0.15) is 5.56 Å². The number of benzene rings is 1. The molecule has 1 aromatic rings. The highest BCUT2D eigenvalue weighted by Crippen LogP contribution is 2.24. The Hall–Kier alpha value is -0.740. The van der Waals surface area contributed by atoms with Gasteiger partial charge in [-0.2, -0.15) is 11.8 Å². The van der Waals surface area contributed by atoms with Gasteiger partial charge in [0.1, 0.15) is 0 Å². The van der Waals surface area contributed by atoms with Gasteiger partial charge in [0, 0.05) is 22.9 Å². The summed E-state index contributed by atoms with van der Waals surface area (Å²) in [4.78, 5) is 10.0. The van der Waals surface area contributed by atoms with Gasteiger partial charge < -0.3 is 0 Å². The van der Waals surface area contributed by atoms with E-state index in [1.54, 1.807) is 17.8 Å². The van der Waals surface area contributed by atoms with Crippen LogP contribution in [0.5, 0.6) is 0 Å². The second-order valence-corrected chi connectivity index (χ2v) is 3.74. The molecular formula is C8H8ClNO2S. The van der Waals surface area contributed by atoms with E-state index in [0.29, 0.717) is 10.8 Å². The standard InChI is InChI=1S/C8H8ClNO2S/c1-13-5-6-4-7(10(11)12)2-3-8(6)9/h2-4H,5H2,1H3. The maximum Gasteiger partial charge on any atom is 0.269 e. The minimum atomic E-state index is -0.417. The van der Waals surface area contributed by atoms with Crippen LogP contribution in [-0.2, 0) is 5.75 Å². The molecule has 0 unspecified atom stereocenters. The van der Waals surface area contributed by atoms with Gasteiger partial charge in [0.15, 0.2) is 0 Å². The number of nitro benzene ring substituents is 1. The number of hydrogen-bond acceptors (Lipinski definition) is 3. The van der Waals surface area contributed by atoms with E-state index in [-0.39, 0.29) is 5.69 Å². The third-order valence-corrected chi connectivity index (χ3v) is 2.51. The molecule has 0 amide bonds. The van der Waals surface area contributed by atoms with Crippen LogP contribution >= 0.6 is 23.4 Å². The SMILES string of the molecule is CSCc1cc([N+](=O)[O-])ccc1Cl. The lowest BCUT2D eigenvalue weighted by molar-refractivity contribution is -0.384. The van der Waals surface area contributed by atoms with Crippen molar-refractivity contribution in [2.24, 2.45) is 0 Å². The van der Waals surface area contributed by atoms with Crippen molar-refractivity contribution in [1.29, 1.82) is 0 Å². The summed E-state index contributed by atoms with van der Waals surface area (Å²) in [5.41, 5.74) is 0.900. The molecule has 5 heteroatoms. The number of nitrogens with zero attached hydrogens (tertiary/aromatic N) is 1. The number of non-ortho nitro benzene ring substituents is 1. The Bertz CT molecular complexity index is 330. The molecule has 3 nitrogen and oxygen atoms in total. The van der Waals surface area contributed by atoms with E-state index in [4.69, 9.17) is 11.6 Å². The maximum atomic E-state index is 10.4. The molecule has 0 heterocycles. The highest BCUT2D eigenvalue weighted by atomic mass is 35.5. The van der Waals surface area contributed by atoms with Gasteiger partial charge in [-0.15, -0.1) is 0 Å². The molecule has 0 N–H and O–H groups in total. The van der Waals surface area contributed by atoms with Gasteiger partial charge in [0.2, 0.25) is 0 Å². The smallest absolute Gasteiger partial charge is 0.258 e. The Morgan fingerprint density at radius 3 is 2.85 bits per heavy atom. The van der Waals surface area contributed by atoms with Crippen molar-refractivity contribution in [2.45, 2.75) is 5.75 Å². The van der Waals surface area contributed by atoms with E-state index in [1.165, 1.54) is 12.1 Å². The third kappa shape index (κ3) is 2.60. The molecule has 0 bridgehead atoms. The van der Waals surface area contributed by atoms with Gasteiger partial charge in [-0.1, -0.05) is 11.6 Å². The Morgan fingerprint density at radius 1 is 1.62 bits per heavy atom. The fraction of sp³-hybridized carbons (Fsp3) is 0.250. The summed E-state index contributed by atoms with van der Waals surface area (Å²) < 4.78 is 0. The fourth-order valence-corrected chi connectivity index (χ4v) is 1.75. The molecule has 70 valence electrons. The van der Waals surface area contributed by atoms with E-state index < -0.39 is 4.92 Å². The number of halogens is 1. The molecule has 0 spiro atoms. The number of nitro groups is 1. The summed E-state index contributed by atoms with van der Waals surface area (Å²) in [5, 5.41) is 11.0. The average molecular weight is 218 g/mol. The van der Waals surface area contributed by atoms with Crippen LogP contribution in [0, 0.1) is 10.1 Å². The van der Waals surface area contributed by atoms with Crippen LogP contribution < -0.4 is 0 Å². The Morgan fingerprint density at radius 2 is 2.31 bits per heavy atom. The molecule has 0 saturated carbocycles. The van der Waals surface area contributed by atoms with Gasteiger partial charge in [-0.05, 0) is 17.9 Å². The van der Waals surface area contributed by atoms with E-state index >= 15 is 0 Å². The highest BCUT2D eigenvalue weighted by molar-refractivity contribution is 7.97. The number of rotatable bonds is 3. The molecule has 0 aliphatic rings. The number of hydrogen-bond donors (Lipinski definition) is 0. The topological polar surface area (TPSA) is 43.1 Å². The quantitative estimate of drug-likeness (QED) is 0.577. The normalized spacial score (nSPS) is 10.0. The molecule has 1 rings (SSSR count). The molecule has 1 aromatic carbocycles. The summed E-state index contributed by atoms with van der Waals surface area (Å²) in [6.07, 6.45) is 1.93. The maximum absolute atomic E-state index is 10.4. The van der Waals surface area contributed by atoms with Crippen molar-refractivity contribution in [3.63, 3.8) is 0 Å². The monoisotopic (exact) mass is 217 g/mol. The Kier molecular flexibility index (Phi) is 3.57. The molecule has 0 fully saturated rings. The summed E-state index contributed by atoms with van der Waals surface area (Å²) in [5.74, 6) is 0.695. The van der Waals surface area contributed by atoms with Crippen LogP contribution in [0.3, 0.4) is 0 Å². The summed E-state index contributed by atoms with van der Waals surface area (Å²) in [6.45, 7) is 0. The zero-order chi connectivity index (χ0) is 9.84. The zero-order valence-corrected chi connectivity index (χ0v) is 8.56. The van der Waals surface area contributed by atoms with E-state index in [9.17, 15) is 10.1 Å². The van der Waals surface area contributed by atoms with Crippen molar-refractivity contribution >= 4 is 29.1 Å². The minimum Gasteiger partial charge on any atom is -0.258 e. The van der Waals surface area contributed by atoms with Crippen LogP contribution in [-0.4, -0.2) is 11.2 Å². The molecule has 0 radical (unpaired) electrons. The van der Waals surface area contributed by atoms with E-state index in [0.717, 1.165) is 5.56 Å². The Balaban J connectivity index is 3.03. The van der Waals surface area contributed by atoms with Crippen molar-refractivity contribution in [2.75, 3.05) is 6.26 Å². The molecule has 0 aliphatic carbocycles. The highest BCUT2D eigenvalue weighted by Gasteiger charge is 2.08. The van der Waals surface area contributed by atoms with Crippen LogP contribution in [0.4, 0.5) is 5.69 Å². The first-order valence-corrected chi connectivity index (χ1v) is 5.34. The minimum absolute atomic E-state index is 0.0912. The molecule has 0 aromatic heterocycles. The predicted molar refractivity (Wildman–Crippen MR) is 55.3 cm³/mol. The van der Waals surface area contributed by atoms with Crippen LogP contribution in [0.25, 0.3) is 0 Å². The number of thioether (sulfide) groups is 1. The first-order valence-electron chi connectivity index (χ1n) is 3.57. The Labute approximate surface area is 85.2 Å². The van der Waals surface area contributed by atoms with Gasteiger partial charge in [-0.3, -0.25) is 10.1 Å². The lowest BCUT2D eigenvalue weighted by Gasteiger charge is -2.00. The van der Waals surface area contributed by atoms with Gasteiger partial charge in [-0.25, -0.2) is 0 Å². The zero-order valence-electron chi connectivity index (χ0n) is 6.99. The molecular weight excluding hydrogens is 210 g/mol. The third-order valence-electron chi connectivity index (χ3n) is 1.54. The summed E-state index contributed by atoms with van der Waals surface area (Å²) in [6, 6.07) is 4.48. The van der Waals surface area contributed by atoms with Crippen molar-refractivity contribution in [3.05, 3.63) is 38.9 Å². The summed E-state index contributed by atoms with van der Waals surface area (Å²) >= 11 is 7.43. The van der Waals surface area contributed by atoms with Crippen molar-refractivity contribution in [3.8, 4) is 0 Å². The molecule has 13 heavy (non-hydrogen) atoms. The van der Waals surface area contributed by atoms with E-state index in [1.807, 2.05) is 6.26 Å². The fourth-order valence-electron chi connectivity index (χ4n) is 0.941. The van der Waals surface area contributed by atoms with Crippen molar-refractivity contribution in [1.82, 2.24) is 0 Å². The lowest BCUT2D eigenvalue weighted by Crippen LogP contribution is -1.90. The van der Waals surface area contributed by atoms with Crippen LogP contribution in [0.15, 0.2) is 18.2 Å². The first kappa shape index (κ1) is 10.3. The second-order valence-electron chi connectivity index (χ2n) is 2.47. The molecule has 0 saturated heterocycles. The second kappa shape index (κ2) is 4.48. The van der Waals surface area contributed by atoms with Crippen LogP contribution in [0.2, 0.25) is 5.02 Å². The molecule has 0 aliphatic heterocycles. The largest absolute Gasteiger partial charge is 0.269 e. The lowest BCUT2D eigenvalue weighted by atomic mass is 10.2. The van der Waals surface area contributed by atoms with Gasteiger partial charge in [0.25, 0.3) is 5.69 Å². The summed E-state index contributed by atoms with van der Waals surface area (Å²) in [7, 11) is 0. The molecule has 0 atom stereocenters. The average Bonchev–Trinajstić information content (AvgIpc) is 2.08. The first-order chi connectivity index (χ1) is 6.15. The van der Waals surface area contributed by atoms with Crippen molar-refractivity contribution < 1.29 is 4.92 Å². The van der Waals surface area contributed by atoms with Gasteiger partial charge in [0.05, 0.1) is 4.92 Å².